The molecule has 1 saturated heterocycles. The molecule has 3 aromatic rings. The van der Waals surface area contributed by atoms with Crippen LogP contribution < -0.4 is 15.5 Å². The number of hydrogen-bond donors (Lipinski definition) is 2. The molecule has 2 heterocycles. The van der Waals surface area contributed by atoms with Crippen molar-refractivity contribution in [2.24, 2.45) is 0 Å². The maximum Gasteiger partial charge on any atom is 0.337 e. The first-order valence-electron chi connectivity index (χ1n) is 13.9. The summed E-state index contributed by atoms with van der Waals surface area (Å²) in [5.74, 6) is -2.71. The molecule has 1 aliphatic carbocycles. The van der Waals surface area contributed by atoms with Crippen LogP contribution in [0.25, 0.3) is 0 Å². The Hall–Kier alpha value is -3.46. The highest BCUT2D eigenvalue weighted by atomic mass is 35.5. The molecule has 2 amide bonds. The summed E-state index contributed by atoms with van der Waals surface area (Å²) in [7, 11) is 2.93. The van der Waals surface area contributed by atoms with E-state index in [1.165, 1.54) is 18.1 Å². The monoisotopic (exact) mass is 609 g/mol. The lowest BCUT2D eigenvalue weighted by Gasteiger charge is -2.47. The van der Waals surface area contributed by atoms with E-state index >= 15 is 4.39 Å². The topological polar surface area (TPSA) is 87.7 Å². The number of nitrogens with one attached hydrogen (secondary N) is 2. The zero-order valence-corrected chi connectivity index (χ0v) is 24.7. The summed E-state index contributed by atoms with van der Waals surface area (Å²) in [6, 6.07) is 15.5. The summed E-state index contributed by atoms with van der Waals surface area (Å²) in [4.78, 5) is 42.4. The summed E-state index contributed by atoms with van der Waals surface area (Å²) in [6.07, 6.45) is 3.95. The smallest absolute Gasteiger partial charge is 0.337 e. The van der Waals surface area contributed by atoms with E-state index in [9.17, 15) is 14.4 Å². The van der Waals surface area contributed by atoms with Gasteiger partial charge in [0.05, 0.1) is 23.7 Å². The summed E-state index contributed by atoms with van der Waals surface area (Å²) >= 11 is 12.7. The molecule has 1 saturated carbocycles. The first-order valence-corrected chi connectivity index (χ1v) is 14.7. The maximum atomic E-state index is 16.0. The van der Waals surface area contributed by atoms with Crippen molar-refractivity contribution in [2.75, 3.05) is 24.4 Å². The minimum absolute atomic E-state index is 0.0834. The zero-order valence-electron chi connectivity index (χ0n) is 23.2. The van der Waals surface area contributed by atoms with Gasteiger partial charge in [0.25, 0.3) is 0 Å². The molecule has 2 spiro atoms. The standard InChI is InChI=1S/C32H30Cl2FN3O4/c1-38(20-12-9-18(10-13-20)29(40)42-2)28(39)27-25(21-7-6-8-23(34)26(21)35)32(31(37-27)15-4-3-5-16-31)22-14-11-19(33)17-24(22)36-30(32)41/h6-14,17,25,27,37H,3-5,15-16H2,1-2H3,(H,36,41)/t25-,27+,32+/m0/s1. The van der Waals surface area contributed by atoms with Crippen LogP contribution in [0.4, 0.5) is 15.8 Å². The molecule has 0 bridgehead atoms. The third kappa shape index (κ3) is 4.14. The zero-order chi connectivity index (χ0) is 29.8. The molecular formula is C32H30Cl2FN3O4. The largest absolute Gasteiger partial charge is 0.465 e. The summed E-state index contributed by atoms with van der Waals surface area (Å²) in [6.45, 7) is 0. The SMILES string of the molecule is COC(=O)c1ccc(N(C)C(=O)[C@@H]2NC3(CCCCC3)[C@@]3(C(=O)Nc4cc(Cl)ccc43)[C@H]2c2cccc(Cl)c2F)cc1. The molecule has 218 valence electrons. The van der Waals surface area contributed by atoms with Gasteiger partial charge >= 0.3 is 5.97 Å². The molecule has 7 nitrogen and oxygen atoms in total. The van der Waals surface area contributed by atoms with Crippen molar-refractivity contribution in [3.63, 3.8) is 0 Å². The minimum Gasteiger partial charge on any atom is -0.465 e. The lowest BCUT2D eigenvalue weighted by Crippen LogP contribution is -2.60. The highest BCUT2D eigenvalue weighted by molar-refractivity contribution is 6.31. The molecule has 6 rings (SSSR count). The van der Waals surface area contributed by atoms with E-state index in [0.717, 1.165) is 19.3 Å². The van der Waals surface area contributed by atoms with Crippen LogP contribution in [0, 0.1) is 5.82 Å². The van der Waals surface area contributed by atoms with Gasteiger partial charge in [0.2, 0.25) is 11.8 Å². The van der Waals surface area contributed by atoms with E-state index in [1.807, 2.05) is 6.07 Å². The lowest BCUT2D eigenvalue weighted by atomic mass is 9.55. The predicted octanol–water partition coefficient (Wildman–Crippen LogP) is 6.23. The number of hydrogen-bond acceptors (Lipinski definition) is 5. The Labute approximate surface area is 253 Å². The molecule has 3 aromatic carbocycles. The van der Waals surface area contributed by atoms with Crippen molar-refractivity contribution in [2.45, 2.75) is 55.0 Å². The molecule has 2 aliphatic heterocycles. The van der Waals surface area contributed by atoms with Crippen molar-refractivity contribution in [3.05, 3.63) is 93.2 Å². The van der Waals surface area contributed by atoms with Gasteiger partial charge in [-0.2, -0.15) is 0 Å². The Morgan fingerprint density at radius 2 is 1.74 bits per heavy atom. The Balaban J connectivity index is 1.55. The molecule has 0 aromatic heterocycles. The van der Waals surface area contributed by atoms with Crippen molar-refractivity contribution in [3.8, 4) is 0 Å². The molecule has 10 heteroatoms. The molecule has 2 fully saturated rings. The quantitative estimate of drug-likeness (QED) is 0.342. The first kappa shape index (κ1) is 28.6. The van der Waals surface area contributed by atoms with Crippen LogP contribution in [0.15, 0.2) is 60.7 Å². The second kappa shape index (κ2) is 10.7. The number of esters is 1. The summed E-state index contributed by atoms with van der Waals surface area (Å²) in [5.41, 5.74) is 0.184. The minimum atomic E-state index is -1.31. The normalized spacial score (nSPS) is 24.0. The van der Waals surface area contributed by atoms with E-state index in [0.29, 0.717) is 40.4 Å². The van der Waals surface area contributed by atoms with Crippen LogP contribution >= 0.6 is 23.2 Å². The molecule has 42 heavy (non-hydrogen) atoms. The highest BCUT2D eigenvalue weighted by Gasteiger charge is 2.72. The van der Waals surface area contributed by atoms with Gasteiger partial charge < -0.3 is 15.0 Å². The fourth-order valence-electron chi connectivity index (χ4n) is 7.48. The third-order valence-electron chi connectivity index (χ3n) is 9.30. The molecular weight excluding hydrogens is 580 g/mol. The van der Waals surface area contributed by atoms with Gasteiger partial charge in [0.1, 0.15) is 11.2 Å². The van der Waals surface area contributed by atoms with Gasteiger partial charge in [-0.05, 0) is 66.4 Å². The molecule has 0 unspecified atom stereocenters. The van der Waals surface area contributed by atoms with Crippen molar-refractivity contribution < 1.29 is 23.5 Å². The number of benzene rings is 3. The highest BCUT2D eigenvalue weighted by Crippen LogP contribution is 2.63. The van der Waals surface area contributed by atoms with Crippen LogP contribution in [0.2, 0.25) is 10.0 Å². The number of ether oxygens (including phenoxy) is 1. The number of likely N-dealkylation sites (N-methyl/N-ethyl adjacent to an activating group) is 1. The lowest BCUT2D eigenvalue weighted by molar-refractivity contribution is -0.124. The number of halogens is 3. The molecule has 2 N–H and O–H groups in total. The van der Waals surface area contributed by atoms with E-state index < -0.39 is 34.7 Å². The average Bonchev–Trinajstić information content (AvgIpc) is 3.45. The maximum absolute atomic E-state index is 16.0. The Morgan fingerprint density at radius 1 is 1.02 bits per heavy atom. The predicted molar refractivity (Wildman–Crippen MR) is 160 cm³/mol. The summed E-state index contributed by atoms with van der Waals surface area (Å²) < 4.78 is 20.8. The van der Waals surface area contributed by atoms with E-state index in [-0.39, 0.29) is 22.4 Å². The van der Waals surface area contributed by atoms with Crippen LogP contribution in [0.3, 0.4) is 0 Å². The second-order valence-corrected chi connectivity index (χ2v) is 12.1. The van der Waals surface area contributed by atoms with Crippen LogP contribution in [0.5, 0.6) is 0 Å². The number of fused-ring (bicyclic) bond motifs is 3. The number of carbonyl (C=O) groups is 3. The number of carbonyl (C=O) groups excluding carboxylic acids is 3. The van der Waals surface area contributed by atoms with E-state index in [4.69, 9.17) is 27.9 Å². The molecule has 3 aliphatic rings. The van der Waals surface area contributed by atoms with Crippen molar-refractivity contribution in [1.82, 2.24) is 5.32 Å². The average molecular weight is 611 g/mol. The molecule has 0 radical (unpaired) electrons. The van der Waals surface area contributed by atoms with Gasteiger partial charge in [0, 0.05) is 34.9 Å². The fraction of sp³-hybridized carbons (Fsp3) is 0.344. The van der Waals surface area contributed by atoms with Gasteiger partial charge in [-0.3, -0.25) is 14.9 Å². The van der Waals surface area contributed by atoms with Gasteiger partial charge in [-0.1, -0.05) is 60.7 Å². The van der Waals surface area contributed by atoms with Gasteiger partial charge in [0.15, 0.2) is 0 Å². The Bertz CT molecular complexity index is 1590. The van der Waals surface area contributed by atoms with Crippen molar-refractivity contribution in [1.29, 1.82) is 0 Å². The molecule has 3 atom stereocenters. The number of nitrogens with zero attached hydrogens (tertiary/aromatic N) is 1. The van der Waals surface area contributed by atoms with Crippen molar-refractivity contribution >= 4 is 52.4 Å². The number of amides is 2. The number of methoxy groups -OCH3 is 1. The Kier molecular flexibility index (Phi) is 7.28. The van der Waals surface area contributed by atoms with Crippen LogP contribution in [0.1, 0.15) is 59.5 Å². The number of anilines is 2. The third-order valence-corrected chi connectivity index (χ3v) is 9.82. The van der Waals surface area contributed by atoms with E-state index in [2.05, 4.69) is 10.6 Å². The van der Waals surface area contributed by atoms with E-state index in [1.54, 1.807) is 55.6 Å². The summed E-state index contributed by atoms with van der Waals surface area (Å²) in [5, 5.41) is 7.05. The van der Waals surface area contributed by atoms with Crippen LogP contribution in [-0.2, 0) is 19.7 Å². The fourth-order valence-corrected chi connectivity index (χ4v) is 7.83. The van der Waals surface area contributed by atoms with Crippen LogP contribution in [-0.4, -0.2) is 43.5 Å². The van der Waals surface area contributed by atoms with Gasteiger partial charge in [-0.15, -0.1) is 0 Å². The number of rotatable bonds is 4. The Morgan fingerprint density at radius 3 is 2.43 bits per heavy atom. The second-order valence-electron chi connectivity index (χ2n) is 11.3. The van der Waals surface area contributed by atoms with Gasteiger partial charge in [-0.25, -0.2) is 9.18 Å². The first-order chi connectivity index (χ1) is 20.1.